The predicted molar refractivity (Wildman–Crippen MR) is 81.0 cm³/mol. The van der Waals surface area contributed by atoms with E-state index >= 15 is 0 Å². The maximum absolute atomic E-state index is 12.3. The highest BCUT2D eigenvalue weighted by atomic mass is 16.3. The molecular formula is C15H26N4O2. The van der Waals surface area contributed by atoms with Crippen LogP contribution in [0.4, 0.5) is 4.79 Å². The van der Waals surface area contributed by atoms with Crippen molar-refractivity contribution in [2.24, 2.45) is 7.05 Å². The molecule has 2 amide bonds. The van der Waals surface area contributed by atoms with Crippen LogP contribution >= 0.6 is 0 Å². The smallest absolute Gasteiger partial charge is 0.317 e. The predicted octanol–water partition coefficient (Wildman–Crippen LogP) is 1.21. The minimum atomic E-state index is -0.0838. The molecule has 0 radical (unpaired) electrons. The molecule has 21 heavy (non-hydrogen) atoms. The van der Waals surface area contributed by atoms with Crippen molar-refractivity contribution in [1.82, 2.24) is 20.0 Å². The molecule has 0 spiro atoms. The summed E-state index contributed by atoms with van der Waals surface area (Å²) in [7, 11) is 1.95. The molecule has 0 unspecified atom stereocenters. The number of rotatable bonds is 7. The van der Waals surface area contributed by atoms with Crippen LogP contribution < -0.4 is 5.32 Å². The van der Waals surface area contributed by atoms with Crippen LogP contribution in [-0.4, -0.2) is 45.0 Å². The number of carbonyl (C=O) groups is 1. The number of nitrogens with one attached hydrogen (secondary N) is 1. The first-order chi connectivity index (χ1) is 10.1. The first-order valence-electron chi connectivity index (χ1n) is 7.81. The number of amides is 2. The molecule has 0 saturated heterocycles. The van der Waals surface area contributed by atoms with E-state index in [1.165, 1.54) is 5.69 Å². The third-order valence-corrected chi connectivity index (χ3v) is 4.03. The summed E-state index contributed by atoms with van der Waals surface area (Å²) in [5, 5.41) is 16.6. The van der Waals surface area contributed by atoms with Crippen LogP contribution in [0.25, 0.3) is 0 Å². The van der Waals surface area contributed by atoms with Gasteiger partial charge >= 0.3 is 6.03 Å². The zero-order chi connectivity index (χ0) is 15.4. The van der Waals surface area contributed by atoms with E-state index in [0.717, 1.165) is 36.9 Å². The first-order valence-corrected chi connectivity index (χ1v) is 7.81. The highest BCUT2D eigenvalue weighted by Gasteiger charge is 2.32. The van der Waals surface area contributed by atoms with Gasteiger partial charge in [0.25, 0.3) is 0 Å². The number of aliphatic hydroxyl groups excluding tert-OH is 1. The Kier molecular flexibility index (Phi) is 5.22. The Hall–Kier alpha value is -1.56. The molecule has 2 rings (SSSR count). The molecule has 0 atom stereocenters. The molecule has 1 heterocycles. The van der Waals surface area contributed by atoms with E-state index in [1.54, 1.807) is 4.90 Å². The number of urea groups is 1. The highest BCUT2D eigenvalue weighted by Crippen LogP contribution is 2.26. The number of aromatic nitrogens is 2. The highest BCUT2D eigenvalue weighted by molar-refractivity contribution is 5.75. The summed E-state index contributed by atoms with van der Waals surface area (Å²) in [5.74, 6) is 0. The van der Waals surface area contributed by atoms with Crippen molar-refractivity contribution in [3.8, 4) is 0 Å². The maximum Gasteiger partial charge on any atom is 0.317 e. The number of hydrogen-bond donors (Lipinski definition) is 2. The van der Waals surface area contributed by atoms with Crippen molar-refractivity contribution >= 4 is 6.03 Å². The van der Waals surface area contributed by atoms with Gasteiger partial charge in [-0.25, -0.2) is 4.79 Å². The summed E-state index contributed by atoms with van der Waals surface area (Å²) in [4.78, 5) is 14.0. The monoisotopic (exact) mass is 294 g/mol. The molecule has 2 N–H and O–H groups in total. The molecule has 1 saturated carbocycles. The average molecular weight is 294 g/mol. The van der Waals surface area contributed by atoms with Gasteiger partial charge < -0.3 is 15.3 Å². The van der Waals surface area contributed by atoms with E-state index in [9.17, 15) is 4.79 Å². The third kappa shape index (κ3) is 3.56. The standard InChI is InChI=1S/C15H26N4O2/c1-4-13-12(14(5-2)18(3)17-13)10-16-15(21)19(8-9-20)11-6-7-11/h11,20H,4-10H2,1-3H3,(H,16,21). The van der Waals surface area contributed by atoms with Crippen LogP contribution in [0, 0.1) is 0 Å². The van der Waals surface area contributed by atoms with E-state index < -0.39 is 0 Å². The number of aliphatic hydroxyl groups is 1. The number of nitrogens with zero attached hydrogens (tertiary/aromatic N) is 3. The minimum absolute atomic E-state index is 0.0111. The second-order valence-electron chi connectivity index (χ2n) is 5.51. The van der Waals surface area contributed by atoms with Gasteiger partial charge in [-0.15, -0.1) is 0 Å². The van der Waals surface area contributed by atoms with Crippen molar-refractivity contribution in [2.75, 3.05) is 13.2 Å². The summed E-state index contributed by atoms with van der Waals surface area (Å²) in [6.45, 7) is 5.11. The van der Waals surface area contributed by atoms with Crippen molar-refractivity contribution in [3.05, 3.63) is 17.0 Å². The lowest BCUT2D eigenvalue weighted by molar-refractivity contribution is 0.173. The van der Waals surface area contributed by atoms with Gasteiger partial charge in [0.05, 0.1) is 12.3 Å². The quantitative estimate of drug-likeness (QED) is 0.794. The third-order valence-electron chi connectivity index (χ3n) is 4.03. The molecule has 118 valence electrons. The van der Waals surface area contributed by atoms with Gasteiger partial charge in [0.15, 0.2) is 0 Å². The molecule has 6 heteroatoms. The lowest BCUT2D eigenvalue weighted by atomic mass is 10.1. The lowest BCUT2D eigenvalue weighted by Gasteiger charge is -2.22. The number of aryl methyl sites for hydroxylation is 2. The summed E-state index contributed by atoms with van der Waals surface area (Å²) in [5.41, 5.74) is 3.36. The summed E-state index contributed by atoms with van der Waals surface area (Å²) in [6.07, 6.45) is 3.85. The SMILES string of the molecule is CCc1nn(C)c(CC)c1CNC(=O)N(CCO)C1CC1. The fourth-order valence-electron chi connectivity index (χ4n) is 2.80. The maximum atomic E-state index is 12.3. The van der Waals surface area contributed by atoms with Gasteiger partial charge in [-0.05, 0) is 25.7 Å². The van der Waals surface area contributed by atoms with Gasteiger partial charge in [0.1, 0.15) is 0 Å². The minimum Gasteiger partial charge on any atom is -0.395 e. The Labute approximate surface area is 126 Å². The fourth-order valence-corrected chi connectivity index (χ4v) is 2.80. The largest absolute Gasteiger partial charge is 0.395 e. The van der Waals surface area contributed by atoms with Crippen LogP contribution in [-0.2, 0) is 26.4 Å². The van der Waals surface area contributed by atoms with Crippen LogP contribution in [0.1, 0.15) is 43.6 Å². The van der Waals surface area contributed by atoms with Crippen LogP contribution in [0.3, 0.4) is 0 Å². The summed E-state index contributed by atoms with van der Waals surface area (Å²) >= 11 is 0. The van der Waals surface area contributed by atoms with Crippen LogP contribution in [0.15, 0.2) is 0 Å². The van der Waals surface area contributed by atoms with Gasteiger partial charge in [-0.3, -0.25) is 4.68 Å². The zero-order valence-electron chi connectivity index (χ0n) is 13.2. The Morgan fingerprint density at radius 2 is 2.14 bits per heavy atom. The van der Waals surface area contributed by atoms with Crippen LogP contribution in [0.2, 0.25) is 0 Å². The molecule has 1 fully saturated rings. The van der Waals surface area contributed by atoms with Gasteiger partial charge in [0, 0.05) is 37.4 Å². The van der Waals surface area contributed by atoms with E-state index in [0.29, 0.717) is 19.1 Å². The second-order valence-corrected chi connectivity index (χ2v) is 5.51. The zero-order valence-corrected chi connectivity index (χ0v) is 13.2. The van der Waals surface area contributed by atoms with Gasteiger partial charge in [-0.1, -0.05) is 13.8 Å². The Bertz CT molecular complexity index is 494. The average Bonchev–Trinajstić information content (AvgIpc) is 3.26. The second kappa shape index (κ2) is 6.93. The van der Waals surface area contributed by atoms with Crippen molar-refractivity contribution in [3.63, 3.8) is 0 Å². The van der Waals surface area contributed by atoms with E-state index in [1.807, 2.05) is 11.7 Å². The van der Waals surface area contributed by atoms with Crippen molar-refractivity contribution < 1.29 is 9.90 Å². The molecule has 1 aromatic rings. The Morgan fingerprint density at radius 1 is 1.43 bits per heavy atom. The van der Waals surface area contributed by atoms with E-state index in [-0.39, 0.29) is 12.6 Å². The molecule has 0 aromatic carbocycles. The van der Waals surface area contributed by atoms with Crippen molar-refractivity contribution in [2.45, 2.75) is 52.1 Å². The molecule has 1 aliphatic rings. The van der Waals surface area contributed by atoms with Crippen LogP contribution in [0.5, 0.6) is 0 Å². The fraction of sp³-hybridized carbons (Fsp3) is 0.733. The number of carbonyl (C=O) groups excluding carboxylic acids is 1. The van der Waals surface area contributed by atoms with Crippen molar-refractivity contribution in [1.29, 1.82) is 0 Å². The Balaban J connectivity index is 2.03. The lowest BCUT2D eigenvalue weighted by Crippen LogP contribution is -2.42. The molecule has 0 bridgehead atoms. The molecule has 0 aliphatic heterocycles. The first kappa shape index (κ1) is 15.8. The normalized spacial score (nSPS) is 14.3. The molecule has 1 aliphatic carbocycles. The molecular weight excluding hydrogens is 268 g/mol. The molecule has 6 nitrogen and oxygen atoms in total. The summed E-state index contributed by atoms with van der Waals surface area (Å²) in [6, 6.07) is 0.224. The van der Waals surface area contributed by atoms with Gasteiger partial charge in [-0.2, -0.15) is 5.10 Å². The molecule has 1 aromatic heterocycles. The number of hydrogen-bond acceptors (Lipinski definition) is 3. The topological polar surface area (TPSA) is 70.4 Å². The Morgan fingerprint density at radius 3 is 2.67 bits per heavy atom. The summed E-state index contributed by atoms with van der Waals surface area (Å²) < 4.78 is 1.91. The van der Waals surface area contributed by atoms with E-state index in [2.05, 4.69) is 24.3 Å². The van der Waals surface area contributed by atoms with Gasteiger partial charge in [0.2, 0.25) is 0 Å². The van der Waals surface area contributed by atoms with E-state index in [4.69, 9.17) is 5.11 Å².